The fraction of sp³-hybridized carbons (Fsp3) is 1.00. The van der Waals surface area contributed by atoms with Crippen LogP contribution >= 0.6 is 0 Å². The molecule has 116 valence electrons. The molecule has 0 aromatic heterocycles. The average Bonchev–Trinajstić information content (AvgIpc) is 2.39. The van der Waals surface area contributed by atoms with Gasteiger partial charge in [-0.3, -0.25) is 0 Å². The summed E-state index contributed by atoms with van der Waals surface area (Å²) in [7, 11) is -3.15. The van der Waals surface area contributed by atoms with Crippen molar-refractivity contribution < 1.29 is 13.5 Å². The van der Waals surface area contributed by atoms with Crippen LogP contribution in [-0.4, -0.2) is 67.8 Å². The van der Waals surface area contributed by atoms with Crippen molar-refractivity contribution in [3.05, 3.63) is 0 Å². The Morgan fingerprint density at radius 1 is 0.895 bits per heavy atom. The van der Waals surface area contributed by atoms with E-state index in [1.165, 1.54) is 0 Å². The third kappa shape index (κ3) is 7.87. The highest BCUT2D eigenvalue weighted by atomic mass is 32.2. The lowest BCUT2D eigenvalue weighted by Crippen LogP contribution is -2.35. The molecule has 0 bridgehead atoms. The minimum absolute atomic E-state index is 0.0591. The second-order valence-corrected chi connectivity index (χ2v) is 6.71. The van der Waals surface area contributed by atoms with Crippen molar-refractivity contribution in [3.63, 3.8) is 0 Å². The molecule has 0 amide bonds. The minimum atomic E-state index is -3.15. The lowest BCUT2D eigenvalue weighted by atomic mass is 10.3. The molecule has 0 aliphatic rings. The van der Waals surface area contributed by atoms with Crippen LogP contribution in [0.4, 0.5) is 0 Å². The molecule has 0 fully saturated rings. The number of nitrogens with zero attached hydrogens (tertiary/aromatic N) is 2. The van der Waals surface area contributed by atoms with Gasteiger partial charge in [0.15, 0.2) is 0 Å². The molecular formula is C13H30N2O3S. The molecule has 0 aliphatic heterocycles. The summed E-state index contributed by atoms with van der Waals surface area (Å²) >= 11 is 0. The first-order valence-corrected chi connectivity index (χ1v) is 8.93. The fourth-order valence-electron chi connectivity index (χ4n) is 2.03. The van der Waals surface area contributed by atoms with Crippen LogP contribution in [0.1, 0.15) is 40.0 Å². The van der Waals surface area contributed by atoms with Gasteiger partial charge in [-0.05, 0) is 38.9 Å². The van der Waals surface area contributed by atoms with Crippen LogP contribution in [0.3, 0.4) is 0 Å². The number of hydrogen-bond donors (Lipinski definition) is 1. The van der Waals surface area contributed by atoms with Crippen molar-refractivity contribution in [2.24, 2.45) is 0 Å². The molecule has 0 atom stereocenters. The third-order valence-corrected chi connectivity index (χ3v) is 5.36. The van der Waals surface area contributed by atoms with Gasteiger partial charge < -0.3 is 10.0 Å². The molecule has 1 N–H and O–H groups in total. The highest BCUT2D eigenvalue weighted by Crippen LogP contribution is 2.06. The smallest absolute Gasteiger partial charge is 0.214 e. The largest absolute Gasteiger partial charge is 0.396 e. The van der Waals surface area contributed by atoms with E-state index in [2.05, 4.69) is 18.7 Å². The normalized spacial score (nSPS) is 12.5. The van der Waals surface area contributed by atoms with Gasteiger partial charge in [-0.25, -0.2) is 12.7 Å². The molecule has 0 heterocycles. The number of sulfonamides is 1. The molecule has 0 unspecified atom stereocenters. The Kier molecular flexibility index (Phi) is 10.5. The van der Waals surface area contributed by atoms with Crippen LogP contribution in [0.5, 0.6) is 0 Å². The van der Waals surface area contributed by atoms with E-state index < -0.39 is 10.0 Å². The van der Waals surface area contributed by atoms with Gasteiger partial charge in [-0.15, -0.1) is 0 Å². The van der Waals surface area contributed by atoms with E-state index in [1.54, 1.807) is 4.31 Å². The summed E-state index contributed by atoms with van der Waals surface area (Å²) in [6.07, 6.45) is 1.95. The highest BCUT2D eigenvalue weighted by molar-refractivity contribution is 7.89. The zero-order chi connectivity index (χ0) is 14.7. The van der Waals surface area contributed by atoms with Gasteiger partial charge in [0, 0.05) is 19.7 Å². The fourth-order valence-corrected chi connectivity index (χ4v) is 3.66. The number of unbranched alkanes of at least 4 members (excludes halogenated alkanes) is 1. The van der Waals surface area contributed by atoms with E-state index in [1.807, 2.05) is 6.92 Å². The molecule has 0 saturated carbocycles. The SMILES string of the molecule is CCN(CC)CCCN(CC)S(=O)(=O)CCCCO. The zero-order valence-electron chi connectivity index (χ0n) is 12.6. The van der Waals surface area contributed by atoms with Crippen molar-refractivity contribution >= 4 is 10.0 Å². The van der Waals surface area contributed by atoms with E-state index in [0.717, 1.165) is 26.1 Å². The predicted octanol–water partition coefficient (Wildman–Crippen LogP) is 1.14. The third-order valence-electron chi connectivity index (χ3n) is 3.33. The standard InChI is InChI=1S/C13H30N2O3S/c1-4-14(5-2)10-9-11-15(6-3)19(17,18)13-8-7-12-16/h16H,4-13H2,1-3H3. The first-order chi connectivity index (χ1) is 9.01. The quantitative estimate of drug-likeness (QED) is 0.548. The molecule has 0 aromatic carbocycles. The zero-order valence-corrected chi connectivity index (χ0v) is 13.5. The van der Waals surface area contributed by atoms with Crippen LogP contribution < -0.4 is 0 Å². The lowest BCUT2D eigenvalue weighted by Gasteiger charge is -2.23. The Hall–Kier alpha value is -0.170. The number of hydrogen-bond acceptors (Lipinski definition) is 4. The Morgan fingerprint density at radius 3 is 2.00 bits per heavy atom. The van der Waals surface area contributed by atoms with E-state index >= 15 is 0 Å². The first-order valence-electron chi connectivity index (χ1n) is 7.32. The van der Waals surface area contributed by atoms with Crippen LogP contribution in [0.2, 0.25) is 0 Å². The summed E-state index contributed by atoms with van der Waals surface area (Å²) in [4.78, 5) is 2.30. The number of rotatable bonds is 12. The monoisotopic (exact) mass is 294 g/mol. The highest BCUT2D eigenvalue weighted by Gasteiger charge is 2.19. The lowest BCUT2D eigenvalue weighted by molar-refractivity contribution is 0.283. The predicted molar refractivity (Wildman–Crippen MR) is 79.8 cm³/mol. The maximum atomic E-state index is 12.1. The molecule has 0 saturated heterocycles. The van der Waals surface area contributed by atoms with Crippen molar-refractivity contribution in [1.29, 1.82) is 0 Å². The van der Waals surface area contributed by atoms with E-state index in [4.69, 9.17) is 5.11 Å². The maximum absolute atomic E-state index is 12.1. The number of aliphatic hydroxyl groups is 1. The molecule has 6 heteroatoms. The molecule has 0 aromatic rings. The van der Waals surface area contributed by atoms with Gasteiger partial charge in [0.05, 0.1) is 5.75 Å². The van der Waals surface area contributed by atoms with E-state index in [-0.39, 0.29) is 12.4 Å². The van der Waals surface area contributed by atoms with Crippen molar-refractivity contribution in [3.8, 4) is 0 Å². The Balaban J connectivity index is 4.17. The molecule has 5 nitrogen and oxygen atoms in total. The minimum Gasteiger partial charge on any atom is -0.396 e. The van der Waals surface area contributed by atoms with Crippen LogP contribution in [0.25, 0.3) is 0 Å². The van der Waals surface area contributed by atoms with Crippen molar-refractivity contribution in [2.45, 2.75) is 40.0 Å². The molecule has 0 spiro atoms. The van der Waals surface area contributed by atoms with Gasteiger partial charge in [-0.1, -0.05) is 20.8 Å². The summed E-state index contributed by atoms with van der Waals surface area (Å²) in [5.74, 6) is 0.146. The van der Waals surface area contributed by atoms with Gasteiger partial charge in [0.2, 0.25) is 10.0 Å². The molecule has 0 rings (SSSR count). The second kappa shape index (κ2) is 10.6. The Labute approximate surface area is 118 Å². The van der Waals surface area contributed by atoms with Gasteiger partial charge in [0.1, 0.15) is 0 Å². The summed E-state index contributed by atoms with van der Waals surface area (Å²) in [5, 5.41) is 8.70. The van der Waals surface area contributed by atoms with Gasteiger partial charge in [0.25, 0.3) is 0 Å². The number of aliphatic hydroxyl groups excluding tert-OH is 1. The van der Waals surface area contributed by atoms with E-state index in [9.17, 15) is 8.42 Å². The van der Waals surface area contributed by atoms with Gasteiger partial charge >= 0.3 is 0 Å². The molecule has 0 aliphatic carbocycles. The van der Waals surface area contributed by atoms with Crippen LogP contribution in [0.15, 0.2) is 0 Å². The average molecular weight is 294 g/mol. The molecular weight excluding hydrogens is 264 g/mol. The summed E-state index contributed by atoms with van der Waals surface area (Å²) in [6.45, 7) is 10.2. The van der Waals surface area contributed by atoms with Crippen molar-refractivity contribution in [1.82, 2.24) is 9.21 Å². The second-order valence-electron chi connectivity index (χ2n) is 4.62. The maximum Gasteiger partial charge on any atom is 0.214 e. The van der Waals surface area contributed by atoms with Gasteiger partial charge in [-0.2, -0.15) is 0 Å². The van der Waals surface area contributed by atoms with Crippen LogP contribution in [0, 0.1) is 0 Å². The molecule has 0 radical (unpaired) electrons. The summed E-state index contributed by atoms with van der Waals surface area (Å²) < 4.78 is 25.7. The Morgan fingerprint density at radius 2 is 1.53 bits per heavy atom. The summed E-state index contributed by atoms with van der Waals surface area (Å²) in [6, 6.07) is 0. The molecule has 19 heavy (non-hydrogen) atoms. The van der Waals surface area contributed by atoms with E-state index in [0.29, 0.717) is 25.9 Å². The van der Waals surface area contributed by atoms with Crippen LogP contribution in [-0.2, 0) is 10.0 Å². The Bertz CT molecular complexity index is 303. The topological polar surface area (TPSA) is 60.9 Å². The summed E-state index contributed by atoms with van der Waals surface area (Å²) in [5.41, 5.74) is 0. The van der Waals surface area contributed by atoms with Crippen molar-refractivity contribution in [2.75, 3.05) is 45.1 Å². The first kappa shape index (κ1) is 18.8.